The van der Waals surface area contributed by atoms with Gasteiger partial charge in [-0.2, -0.15) is 0 Å². The van der Waals surface area contributed by atoms with Gasteiger partial charge in [0.25, 0.3) is 0 Å². The van der Waals surface area contributed by atoms with Gasteiger partial charge < -0.3 is 10.3 Å². The van der Waals surface area contributed by atoms with Crippen LogP contribution >= 0.6 is 11.6 Å². The Bertz CT molecular complexity index is 815. The number of benzene rings is 1. The Morgan fingerprint density at radius 3 is 2.57 bits per heavy atom. The lowest BCUT2D eigenvalue weighted by Gasteiger charge is -2.07. The fourth-order valence-electron chi connectivity index (χ4n) is 2.47. The van der Waals surface area contributed by atoms with E-state index in [4.69, 9.17) is 11.6 Å². The highest BCUT2D eigenvalue weighted by Crippen LogP contribution is 2.27. The van der Waals surface area contributed by atoms with Gasteiger partial charge in [-0.15, -0.1) is 0 Å². The van der Waals surface area contributed by atoms with Crippen molar-refractivity contribution in [3.05, 3.63) is 34.5 Å². The predicted molar refractivity (Wildman–Crippen MR) is 92.2 cm³/mol. The van der Waals surface area contributed by atoms with Crippen LogP contribution in [-0.4, -0.2) is 38.7 Å². The molecule has 1 aromatic carbocycles. The Balaban J connectivity index is 2.18. The van der Waals surface area contributed by atoms with E-state index in [-0.39, 0.29) is 5.91 Å². The van der Waals surface area contributed by atoms with Crippen molar-refractivity contribution in [2.45, 2.75) is 19.8 Å². The van der Waals surface area contributed by atoms with E-state index >= 15 is 0 Å². The fraction of sp³-hybridized carbons (Fsp3) is 0.400. The van der Waals surface area contributed by atoms with Crippen molar-refractivity contribution in [1.29, 1.82) is 0 Å². The monoisotopic (exact) mass is 357 g/mol. The van der Waals surface area contributed by atoms with Crippen LogP contribution in [0.25, 0.3) is 10.9 Å². The van der Waals surface area contributed by atoms with Gasteiger partial charge in [-0.1, -0.05) is 11.6 Å². The lowest BCUT2D eigenvalue weighted by Crippen LogP contribution is -2.24. The van der Waals surface area contributed by atoms with Gasteiger partial charge in [0.05, 0.1) is 6.26 Å². The Morgan fingerprint density at radius 2 is 1.91 bits per heavy atom. The van der Waals surface area contributed by atoms with Crippen LogP contribution in [-0.2, 0) is 27.7 Å². The number of amides is 1. The molecule has 1 aromatic heterocycles. The van der Waals surface area contributed by atoms with Crippen molar-refractivity contribution in [2.24, 2.45) is 0 Å². The van der Waals surface area contributed by atoms with Crippen LogP contribution in [0.15, 0.2) is 18.3 Å². The van der Waals surface area contributed by atoms with Crippen molar-refractivity contribution in [1.82, 2.24) is 15.0 Å². The van der Waals surface area contributed by atoms with Crippen molar-refractivity contribution in [3.63, 3.8) is 0 Å². The van der Waals surface area contributed by atoms with Crippen LogP contribution in [0.1, 0.15) is 18.1 Å². The van der Waals surface area contributed by atoms with Crippen LogP contribution in [0.5, 0.6) is 0 Å². The highest BCUT2D eigenvalue weighted by atomic mass is 35.5. The number of H-pyrrole nitrogens is 1. The summed E-state index contributed by atoms with van der Waals surface area (Å²) in [7, 11) is -3.21. The standard InChI is InChI=1S/C15H20ClN3O3S/c1-10(20)17-5-3-12-9-18-15-11(4-6-19-23(2,21)22)7-13(16)8-14(12)15/h7-9,18-19H,3-6H2,1-2H3,(H,17,20). The van der Waals surface area contributed by atoms with Crippen molar-refractivity contribution < 1.29 is 13.2 Å². The Hall–Kier alpha value is -1.57. The molecule has 1 amide bonds. The predicted octanol–water partition coefficient (Wildman–Crippen LogP) is 1.59. The molecule has 0 aliphatic rings. The van der Waals surface area contributed by atoms with Gasteiger partial charge in [0.15, 0.2) is 0 Å². The molecule has 0 saturated heterocycles. The number of carbonyl (C=O) groups is 1. The molecule has 0 unspecified atom stereocenters. The number of nitrogens with one attached hydrogen (secondary N) is 3. The smallest absolute Gasteiger partial charge is 0.216 e. The third-order valence-corrected chi connectivity index (χ3v) is 4.40. The first-order chi connectivity index (χ1) is 10.8. The summed E-state index contributed by atoms with van der Waals surface area (Å²) in [5.41, 5.74) is 2.96. The van der Waals surface area contributed by atoms with E-state index in [1.54, 1.807) is 0 Å². The molecule has 0 atom stereocenters. The second-order valence-electron chi connectivity index (χ2n) is 5.45. The van der Waals surface area contributed by atoms with Crippen molar-refractivity contribution >= 4 is 38.4 Å². The van der Waals surface area contributed by atoms with E-state index in [0.717, 1.165) is 28.3 Å². The molecule has 0 aliphatic heterocycles. The highest BCUT2D eigenvalue weighted by Gasteiger charge is 2.10. The number of hydrogen-bond acceptors (Lipinski definition) is 3. The van der Waals surface area contributed by atoms with Gasteiger partial charge >= 0.3 is 0 Å². The second-order valence-corrected chi connectivity index (χ2v) is 7.72. The molecule has 0 aliphatic carbocycles. The van der Waals surface area contributed by atoms with Crippen LogP contribution in [0.4, 0.5) is 0 Å². The molecule has 0 bridgehead atoms. The van der Waals surface area contributed by atoms with Crippen LogP contribution in [0.3, 0.4) is 0 Å². The molecule has 3 N–H and O–H groups in total. The molecule has 2 aromatic rings. The zero-order chi connectivity index (χ0) is 17.0. The summed E-state index contributed by atoms with van der Waals surface area (Å²) in [6.45, 7) is 2.35. The Kier molecular flexibility index (Phi) is 5.67. The maximum absolute atomic E-state index is 11.1. The molecule has 1 heterocycles. The third kappa shape index (κ3) is 5.23. The summed E-state index contributed by atoms with van der Waals surface area (Å²) in [6, 6.07) is 3.71. The lowest BCUT2D eigenvalue weighted by molar-refractivity contribution is -0.118. The fourth-order valence-corrected chi connectivity index (χ4v) is 3.19. The van der Waals surface area contributed by atoms with Gasteiger partial charge in [-0.05, 0) is 36.1 Å². The number of hydrogen-bond donors (Lipinski definition) is 3. The summed E-state index contributed by atoms with van der Waals surface area (Å²) < 4.78 is 24.8. The molecule has 0 fully saturated rings. The minimum absolute atomic E-state index is 0.0598. The van der Waals surface area contributed by atoms with Gasteiger partial charge in [-0.25, -0.2) is 13.1 Å². The van der Waals surface area contributed by atoms with Crippen LogP contribution in [0, 0.1) is 0 Å². The molecule has 0 radical (unpaired) electrons. The SMILES string of the molecule is CC(=O)NCCc1c[nH]c2c(CCNS(C)(=O)=O)cc(Cl)cc12. The average Bonchev–Trinajstić information content (AvgIpc) is 2.80. The zero-order valence-electron chi connectivity index (χ0n) is 13.1. The first-order valence-electron chi connectivity index (χ1n) is 7.24. The van der Waals surface area contributed by atoms with Crippen molar-refractivity contribution in [3.8, 4) is 0 Å². The van der Waals surface area contributed by atoms with Crippen LogP contribution in [0.2, 0.25) is 5.02 Å². The second kappa shape index (κ2) is 7.33. The summed E-state index contributed by atoms with van der Waals surface area (Å²) in [5, 5.41) is 4.37. The topological polar surface area (TPSA) is 91.1 Å². The number of sulfonamides is 1. The third-order valence-electron chi connectivity index (χ3n) is 3.45. The Labute approximate surface area is 140 Å². The lowest BCUT2D eigenvalue weighted by atomic mass is 10.0. The molecular weight excluding hydrogens is 338 g/mol. The van der Waals surface area contributed by atoms with E-state index in [9.17, 15) is 13.2 Å². The minimum atomic E-state index is -3.21. The number of halogens is 1. The maximum atomic E-state index is 11.1. The van der Waals surface area contributed by atoms with E-state index in [1.807, 2.05) is 18.3 Å². The maximum Gasteiger partial charge on any atom is 0.216 e. The Morgan fingerprint density at radius 1 is 1.22 bits per heavy atom. The summed E-state index contributed by atoms with van der Waals surface area (Å²) in [6.07, 6.45) is 4.27. The van der Waals surface area contributed by atoms with Crippen LogP contribution < -0.4 is 10.0 Å². The highest BCUT2D eigenvalue weighted by molar-refractivity contribution is 7.88. The number of aromatic amines is 1. The quantitative estimate of drug-likeness (QED) is 0.702. The first-order valence-corrected chi connectivity index (χ1v) is 9.50. The van der Waals surface area contributed by atoms with E-state index in [2.05, 4.69) is 15.0 Å². The van der Waals surface area contributed by atoms with Crippen molar-refractivity contribution in [2.75, 3.05) is 19.3 Å². The van der Waals surface area contributed by atoms with Gasteiger partial charge in [0.2, 0.25) is 15.9 Å². The molecule has 126 valence electrons. The number of carbonyl (C=O) groups excluding carboxylic acids is 1. The summed E-state index contributed by atoms with van der Waals surface area (Å²) in [5.74, 6) is -0.0598. The van der Waals surface area contributed by atoms with Gasteiger partial charge in [0, 0.05) is 42.1 Å². The minimum Gasteiger partial charge on any atom is -0.361 e. The average molecular weight is 358 g/mol. The number of aromatic nitrogens is 1. The molecule has 8 heteroatoms. The number of rotatable bonds is 7. The normalized spacial score (nSPS) is 11.8. The largest absolute Gasteiger partial charge is 0.361 e. The van der Waals surface area contributed by atoms with Gasteiger partial charge in [0.1, 0.15) is 0 Å². The molecule has 6 nitrogen and oxygen atoms in total. The van der Waals surface area contributed by atoms with E-state index in [1.165, 1.54) is 6.92 Å². The summed E-state index contributed by atoms with van der Waals surface area (Å²) >= 11 is 6.18. The first kappa shape index (κ1) is 17.8. The number of fused-ring (bicyclic) bond motifs is 1. The van der Waals surface area contributed by atoms with Gasteiger partial charge in [-0.3, -0.25) is 4.79 Å². The molecule has 23 heavy (non-hydrogen) atoms. The molecule has 2 rings (SSSR count). The molecular formula is C15H20ClN3O3S. The summed E-state index contributed by atoms with van der Waals surface area (Å²) in [4.78, 5) is 14.2. The zero-order valence-corrected chi connectivity index (χ0v) is 14.6. The molecule has 0 spiro atoms. The van der Waals surface area contributed by atoms with E-state index in [0.29, 0.717) is 31.0 Å². The molecule has 0 saturated carbocycles. The van der Waals surface area contributed by atoms with E-state index < -0.39 is 10.0 Å².